The van der Waals surface area contributed by atoms with E-state index in [2.05, 4.69) is 37.2 Å². The summed E-state index contributed by atoms with van der Waals surface area (Å²) in [5.41, 5.74) is 0.541. The molecular weight excluding hydrogens is 778 g/mol. The maximum Gasteiger partial charge on any atom is 0.326 e. The third kappa shape index (κ3) is 19.3. The highest BCUT2D eigenvalue weighted by molar-refractivity contribution is 5.98. The molecular formula is C38H57N7O14. The fourth-order valence-corrected chi connectivity index (χ4v) is 5.61. The summed E-state index contributed by atoms with van der Waals surface area (Å²) in [4.78, 5) is 126. The molecule has 59 heavy (non-hydrogen) atoms. The smallest absolute Gasteiger partial charge is 0.326 e. The molecule has 1 aromatic carbocycles. The van der Waals surface area contributed by atoms with Gasteiger partial charge in [-0.3, -0.25) is 43.2 Å². The fraction of sp³-hybridized carbons (Fsp3) is 0.579. The zero-order valence-electron chi connectivity index (χ0n) is 34.1. The third-order valence-electron chi connectivity index (χ3n) is 8.48. The van der Waals surface area contributed by atoms with Crippen molar-refractivity contribution in [2.75, 3.05) is 0 Å². The minimum Gasteiger partial charge on any atom is -0.481 e. The maximum atomic E-state index is 13.6. The summed E-state index contributed by atoms with van der Waals surface area (Å²) in [7, 11) is 0. The van der Waals surface area contributed by atoms with Gasteiger partial charge in [0, 0.05) is 13.3 Å². The monoisotopic (exact) mass is 835 g/mol. The Hall–Kier alpha value is -6.12. The van der Waals surface area contributed by atoms with E-state index in [1.807, 2.05) is 0 Å². The van der Waals surface area contributed by atoms with Gasteiger partial charge in [-0.15, -0.1) is 0 Å². The van der Waals surface area contributed by atoms with Crippen LogP contribution < -0.4 is 37.2 Å². The Labute approximate surface area is 341 Å². The molecule has 0 heterocycles. The van der Waals surface area contributed by atoms with Gasteiger partial charge in [-0.05, 0) is 44.1 Å². The highest BCUT2D eigenvalue weighted by Gasteiger charge is 2.35. The molecule has 21 heteroatoms. The van der Waals surface area contributed by atoms with Crippen molar-refractivity contribution in [2.45, 2.75) is 129 Å². The Kier molecular flexibility index (Phi) is 21.2. The van der Waals surface area contributed by atoms with Crippen molar-refractivity contribution in [2.24, 2.45) is 11.8 Å². The summed E-state index contributed by atoms with van der Waals surface area (Å²) in [5.74, 6) is -11.7. The second kappa shape index (κ2) is 24.6. The fourth-order valence-electron chi connectivity index (χ4n) is 5.61. The van der Waals surface area contributed by atoms with E-state index in [0.717, 1.165) is 6.92 Å². The van der Waals surface area contributed by atoms with Crippen molar-refractivity contribution in [3.63, 3.8) is 0 Å². The van der Waals surface area contributed by atoms with Crippen molar-refractivity contribution in [1.29, 1.82) is 0 Å². The molecule has 0 bridgehead atoms. The van der Waals surface area contributed by atoms with Crippen LogP contribution in [0.4, 0.5) is 0 Å². The van der Waals surface area contributed by atoms with Gasteiger partial charge in [0.2, 0.25) is 41.4 Å². The molecule has 0 saturated carbocycles. The normalized spacial score (nSPS) is 15.1. The van der Waals surface area contributed by atoms with Gasteiger partial charge in [0.1, 0.15) is 42.3 Å². The number of carbonyl (C=O) groups is 10. The van der Waals surface area contributed by atoms with E-state index >= 15 is 0 Å². The SMILES string of the molecule is CC(=O)N[C@@H](CC(C)C)C(=O)N[C@H](C(=O)N[C@@H](CC(C)C)C(=O)N[C@@H](CC(=O)O)C(=O)N[C@@H](C)C(=O)N[C@@H](CC(=O)O)C(=O)N[C@@H](Cc1ccccc1)C(=O)O)[C@H](C)O. The van der Waals surface area contributed by atoms with Crippen LogP contribution in [0.3, 0.4) is 0 Å². The summed E-state index contributed by atoms with van der Waals surface area (Å²) >= 11 is 0. The number of amides is 7. The second-order valence-electron chi connectivity index (χ2n) is 14.9. The van der Waals surface area contributed by atoms with Crippen molar-refractivity contribution in [3.05, 3.63) is 35.9 Å². The number of carboxylic acids is 3. The van der Waals surface area contributed by atoms with E-state index in [-0.39, 0.29) is 31.1 Å². The van der Waals surface area contributed by atoms with Crippen molar-refractivity contribution in [1.82, 2.24) is 37.2 Å². The third-order valence-corrected chi connectivity index (χ3v) is 8.48. The molecule has 1 aromatic rings. The van der Waals surface area contributed by atoms with Gasteiger partial charge >= 0.3 is 17.9 Å². The van der Waals surface area contributed by atoms with Crippen LogP contribution in [0.25, 0.3) is 0 Å². The second-order valence-corrected chi connectivity index (χ2v) is 14.9. The predicted molar refractivity (Wildman–Crippen MR) is 208 cm³/mol. The molecule has 8 atom stereocenters. The number of nitrogens with one attached hydrogen (secondary N) is 7. The van der Waals surface area contributed by atoms with E-state index in [1.54, 1.807) is 58.0 Å². The summed E-state index contributed by atoms with van der Waals surface area (Å²) in [6.45, 7) is 10.5. The Morgan fingerprint density at radius 1 is 0.508 bits per heavy atom. The maximum absolute atomic E-state index is 13.6. The first-order valence-electron chi connectivity index (χ1n) is 18.9. The van der Waals surface area contributed by atoms with Gasteiger partial charge in [0.25, 0.3) is 0 Å². The zero-order valence-corrected chi connectivity index (χ0v) is 34.1. The number of hydrogen-bond donors (Lipinski definition) is 11. The first kappa shape index (κ1) is 50.9. The number of aliphatic hydroxyl groups is 1. The molecule has 0 aliphatic heterocycles. The highest BCUT2D eigenvalue weighted by Crippen LogP contribution is 2.10. The van der Waals surface area contributed by atoms with Crippen molar-refractivity contribution < 1.29 is 68.4 Å². The molecule has 0 saturated heterocycles. The highest BCUT2D eigenvalue weighted by atomic mass is 16.4. The Morgan fingerprint density at radius 3 is 1.36 bits per heavy atom. The summed E-state index contributed by atoms with van der Waals surface area (Å²) in [6, 6.07) is -2.64. The average Bonchev–Trinajstić information content (AvgIpc) is 3.11. The molecule has 0 aliphatic carbocycles. The van der Waals surface area contributed by atoms with Gasteiger partial charge in [0.15, 0.2) is 0 Å². The van der Waals surface area contributed by atoms with Crippen molar-refractivity contribution in [3.8, 4) is 0 Å². The predicted octanol–water partition coefficient (Wildman–Crippen LogP) is -1.83. The molecule has 328 valence electrons. The van der Waals surface area contributed by atoms with Gasteiger partial charge in [-0.1, -0.05) is 58.0 Å². The van der Waals surface area contributed by atoms with E-state index < -0.39 is 120 Å². The number of carboxylic acid groups (broad SMARTS) is 3. The summed E-state index contributed by atoms with van der Waals surface area (Å²) in [5, 5.41) is 55.1. The summed E-state index contributed by atoms with van der Waals surface area (Å²) in [6.07, 6.45) is -3.53. The van der Waals surface area contributed by atoms with Crippen molar-refractivity contribution >= 4 is 59.3 Å². The number of rotatable bonds is 25. The van der Waals surface area contributed by atoms with E-state index in [0.29, 0.717) is 5.56 Å². The first-order chi connectivity index (χ1) is 27.4. The minimum absolute atomic E-state index is 0.0480. The van der Waals surface area contributed by atoms with E-state index in [9.17, 15) is 68.4 Å². The number of aliphatic hydroxyl groups excluding tert-OH is 1. The van der Waals surface area contributed by atoms with Gasteiger partial charge in [0.05, 0.1) is 18.9 Å². The first-order valence-corrected chi connectivity index (χ1v) is 18.9. The van der Waals surface area contributed by atoms with E-state index in [4.69, 9.17) is 0 Å². The quantitative estimate of drug-likeness (QED) is 0.0517. The summed E-state index contributed by atoms with van der Waals surface area (Å²) < 4.78 is 0. The van der Waals surface area contributed by atoms with E-state index in [1.165, 1.54) is 13.8 Å². The van der Waals surface area contributed by atoms with Crippen LogP contribution in [-0.2, 0) is 54.4 Å². The number of hydrogen-bond acceptors (Lipinski definition) is 11. The molecule has 0 spiro atoms. The number of benzene rings is 1. The van der Waals surface area contributed by atoms with Gasteiger partial charge in [-0.2, -0.15) is 0 Å². The van der Waals surface area contributed by atoms with Crippen LogP contribution in [-0.4, -0.2) is 128 Å². The number of aliphatic carboxylic acids is 3. The molecule has 0 fully saturated rings. The standard InChI is InChI=1S/C38H57N7O14/c1-18(2)13-24(40-22(7)47)36(56)45-31(21(6)46)37(57)43-25(14-19(3)4)34(54)42-26(16-29(48)49)33(53)39-20(5)32(52)41-27(17-30(50)51)35(55)44-28(38(58)59)15-23-11-9-8-10-12-23/h8-12,18-21,24-28,31,46H,13-17H2,1-7H3,(H,39,53)(H,40,47)(H,41,52)(H,42,54)(H,43,57)(H,44,55)(H,45,56)(H,48,49)(H,50,51)(H,58,59)/t20-,21-,24-,25-,26-,27-,28-,31-/m0/s1. The van der Waals surface area contributed by atoms with Crippen LogP contribution in [0.5, 0.6) is 0 Å². The van der Waals surface area contributed by atoms with Gasteiger partial charge < -0.3 is 57.6 Å². The molecule has 21 nitrogen and oxygen atoms in total. The Bertz CT molecular complexity index is 1670. The lowest BCUT2D eigenvalue weighted by molar-refractivity contribution is -0.143. The average molecular weight is 836 g/mol. The lowest BCUT2D eigenvalue weighted by Gasteiger charge is -2.28. The molecule has 11 N–H and O–H groups in total. The van der Waals surface area contributed by atoms with Crippen LogP contribution in [0.2, 0.25) is 0 Å². The zero-order chi connectivity index (χ0) is 45.1. The minimum atomic E-state index is -1.85. The van der Waals surface area contributed by atoms with Crippen LogP contribution in [0, 0.1) is 11.8 Å². The van der Waals surface area contributed by atoms with Gasteiger partial charge in [-0.25, -0.2) is 4.79 Å². The van der Waals surface area contributed by atoms with Crippen LogP contribution in [0.1, 0.15) is 79.7 Å². The Balaban J connectivity index is 3.18. The molecule has 0 aromatic heterocycles. The lowest BCUT2D eigenvalue weighted by atomic mass is 10.0. The van der Waals surface area contributed by atoms with Crippen LogP contribution >= 0.6 is 0 Å². The van der Waals surface area contributed by atoms with Crippen LogP contribution in [0.15, 0.2) is 30.3 Å². The molecule has 0 radical (unpaired) electrons. The number of carbonyl (C=O) groups excluding carboxylic acids is 7. The Morgan fingerprint density at radius 2 is 0.915 bits per heavy atom. The molecule has 1 rings (SSSR count). The molecule has 0 unspecified atom stereocenters. The lowest BCUT2D eigenvalue weighted by Crippen LogP contribution is -2.61. The molecule has 0 aliphatic rings. The molecule has 7 amide bonds. The largest absolute Gasteiger partial charge is 0.481 e. The topological polar surface area (TPSA) is 336 Å².